The largest absolute Gasteiger partial charge is 0.451 e. The molecule has 10 nitrogen and oxygen atoms in total. The second-order valence-electron chi connectivity index (χ2n) is 6.81. The number of halogens is 2. The van der Waals surface area contributed by atoms with Crippen molar-refractivity contribution in [3.05, 3.63) is 54.1 Å². The molecule has 0 fully saturated rings. The monoisotopic (exact) mass is 527 g/mol. The molecule has 0 spiro atoms. The lowest BCUT2D eigenvalue weighted by molar-refractivity contribution is -0.129. The molecule has 0 aliphatic carbocycles. The molecule has 2 amide bonds. The number of carbonyl (C=O) groups is 2. The third-order valence-electron chi connectivity index (χ3n) is 4.33. The van der Waals surface area contributed by atoms with E-state index in [2.05, 4.69) is 12.8 Å². The summed E-state index contributed by atoms with van der Waals surface area (Å²) in [5.74, 6) is -3.58. The van der Waals surface area contributed by atoms with Crippen molar-refractivity contribution in [3.8, 4) is 24.3 Å². The number of nitrogens with one attached hydrogen (secondary N) is 1. The summed E-state index contributed by atoms with van der Waals surface area (Å²) in [5, 5.41) is 8.83. The van der Waals surface area contributed by atoms with Crippen LogP contribution in [0.5, 0.6) is 11.5 Å². The van der Waals surface area contributed by atoms with Gasteiger partial charge in [0.2, 0.25) is 0 Å². The number of hydrogen-bond donors (Lipinski definition) is 2. The van der Waals surface area contributed by atoms with Crippen molar-refractivity contribution in [2.24, 2.45) is 0 Å². The van der Waals surface area contributed by atoms with Crippen molar-refractivity contribution in [2.75, 3.05) is 47.0 Å². The number of benzene rings is 2. The minimum absolute atomic E-state index is 0.0260. The molecule has 0 heterocycles. The second kappa shape index (κ2) is 16.2. The summed E-state index contributed by atoms with van der Waals surface area (Å²) in [7, 11) is 0.633. The zero-order valence-electron chi connectivity index (χ0n) is 19.7. The van der Waals surface area contributed by atoms with Crippen LogP contribution in [0.4, 0.5) is 13.6 Å². The molecule has 2 aromatic rings. The van der Waals surface area contributed by atoms with Gasteiger partial charge in [-0.15, -0.1) is 12.8 Å². The Hall–Kier alpha value is -3.57. The molecule has 0 saturated heterocycles. The maximum absolute atomic E-state index is 14.6. The van der Waals surface area contributed by atoms with Crippen molar-refractivity contribution in [1.82, 2.24) is 14.7 Å². The van der Waals surface area contributed by atoms with E-state index in [4.69, 9.17) is 19.4 Å². The van der Waals surface area contributed by atoms with Gasteiger partial charge in [-0.25, -0.2) is 27.6 Å². The van der Waals surface area contributed by atoms with Gasteiger partial charge in [0.1, 0.15) is 23.3 Å². The van der Waals surface area contributed by atoms with Gasteiger partial charge >= 0.3 is 6.09 Å². The van der Waals surface area contributed by atoms with E-state index in [0.717, 1.165) is 21.3 Å². The minimum atomic E-state index is -2.23. The Morgan fingerprint density at radius 1 is 1.08 bits per heavy atom. The summed E-state index contributed by atoms with van der Waals surface area (Å²) in [6.45, 7) is -0.551. The fraction of sp³-hybridized carbons (Fsp3) is 0.304. The SMILES string of the molecule is C#C.COCCOC(=O)N(C)CCN(CC(=O)NO)S(=O)c1cc(F)c(Oc2ccccc2)c(F)c1. The molecule has 0 aliphatic rings. The number of nitrogens with zero attached hydrogens (tertiary/aromatic N) is 2. The van der Waals surface area contributed by atoms with E-state index < -0.39 is 46.9 Å². The van der Waals surface area contributed by atoms with E-state index in [-0.39, 0.29) is 36.9 Å². The van der Waals surface area contributed by atoms with Crippen LogP contribution in [0.25, 0.3) is 0 Å². The lowest BCUT2D eigenvalue weighted by atomic mass is 10.3. The Bertz CT molecular complexity index is 1020. The van der Waals surface area contributed by atoms with E-state index >= 15 is 0 Å². The number of ether oxygens (including phenoxy) is 3. The predicted molar refractivity (Wildman–Crippen MR) is 127 cm³/mol. The fourth-order valence-electron chi connectivity index (χ4n) is 2.58. The first kappa shape index (κ1) is 30.5. The van der Waals surface area contributed by atoms with Crippen LogP contribution in [0.15, 0.2) is 47.4 Å². The Morgan fingerprint density at radius 2 is 1.69 bits per heavy atom. The third-order valence-corrected chi connectivity index (χ3v) is 5.74. The van der Waals surface area contributed by atoms with Crippen LogP contribution in [0.2, 0.25) is 0 Å². The number of hydroxylamine groups is 1. The van der Waals surface area contributed by atoms with Gasteiger partial charge in [-0.2, -0.15) is 0 Å². The van der Waals surface area contributed by atoms with Crippen LogP contribution >= 0.6 is 0 Å². The van der Waals surface area contributed by atoms with Crippen molar-refractivity contribution in [3.63, 3.8) is 0 Å². The van der Waals surface area contributed by atoms with E-state index in [1.54, 1.807) is 18.2 Å². The molecular weight excluding hydrogens is 500 g/mol. The van der Waals surface area contributed by atoms with Crippen molar-refractivity contribution in [2.45, 2.75) is 4.90 Å². The van der Waals surface area contributed by atoms with Crippen molar-refractivity contribution >= 4 is 23.0 Å². The molecule has 0 aliphatic heterocycles. The summed E-state index contributed by atoms with van der Waals surface area (Å²) < 4.78 is 58.2. The van der Waals surface area contributed by atoms with E-state index in [1.165, 1.54) is 31.8 Å². The third kappa shape index (κ3) is 9.59. The fourth-order valence-corrected chi connectivity index (χ4v) is 3.77. The van der Waals surface area contributed by atoms with Crippen LogP contribution in [-0.4, -0.2) is 77.6 Å². The summed E-state index contributed by atoms with van der Waals surface area (Å²) >= 11 is 0. The number of amides is 2. The lowest BCUT2D eigenvalue weighted by Gasteiger charge is -2.24. The van der Waals surface area contributed by atoms with Crippen LogP contribution in [0.1, 0.15) is 0 Å². The first-order valence-corrected chi connectivity index (χ1v) is 11.4. The molecular formula is C23H27F2N3O7S. The number of carbonyl (C=O) groups excluding carboxylic acids is 2. The highest BCUT2D eigenvalue weighted by atomic mass is 32.2. The number of methoxy groups -OCH3 is 1. The molecule has 2 N–H and O–H groups in total. The predicted octanol–water partition coefficient (Wildman–Crippen LogP) is 2.55. The van der Waals surface area contributed by atoms with E-state index in [0.29, 0.717) is 0 Å². The van der Waals surface area contributed by atoms with Gasteiger partial charge in [-0.1, -0.05) is 18.2 Å². The van der Waals surface area contributed by atoms with E-state index in [1.807, 2.05) is 0 Å². The average Bonchev–Trinajstić information content (AvgIpc) is 2.89. The van der Waals surface area contributed by atoms with E-state index in [9.17, 15) is 22.6 Å². The molecule has 196 valence electrons. The number of hydrogen-bond acceptors (Lipinski definition) is 7. The Kier molecular flexibility index (Phi) is 13.7. The number of para-hydroxylation sites is 1. The molecule has 0 radical (unpaired) electrons. The summed E-state index contributed by atoms with van der Waals surface area (Å²) in [4.78, 5) is 24.5. The first-order chi connectivity index (χ1) is 17.3. The highest BCUT2D eigenvalue weighted by Gasteiger charge is 2.24. The van der Waals surface area contributed by atoms with Gasteiger partial charge in [0.25, 0.3) is 5.91 Å². The van der Waals surface area contributed by atoms with Crippen molar-refractivity contribution in [1.29, 1.82) is 0 Å². The van der Waals surface area contributed by atoms with Gasteiger partial charge in [0, 0.05) is 27.2 Å². The summed E-state index contributed by atoms with van der Waals surface area (Å²) in [6, 6.07) is 9.63. The smallest absolute Gasteiger partial charge is 0.409 e. The number of likely N-dealkylation sites (N-methyl/N-ethyl adjacent to an activating group) is 1. The van der Waals surface area contributed by atoms with Gasteiger partial charge in [0.05, 0.1) is 18.0 Å². The highest BCUT2D eigenvalue weighted by molar-refractivity contribution is 7.82. The quantitative estimate of drug-likeness (QED) is 0.189. The molecule has 1 unspecified atom stereocenters. The Balaban J connectivity index is 0.00000316. The zero-order valence-corrected chi connectivity index (χ0v) is 20.5. The molecule has 0 aromatic heterocycles. The van der Waals surface area contributed by atoms with Crippen LogP contribution < -0.4 is 10.2 Å². The van der Waals surface area contributed by atoms with Crippen LogP contribution in [0, 0.1) is 24.5 Å². The average molecular weight is 528 g/mol. The zero-order chi connectivity index (χ0) is 27.1. The number of terminal acetylenes is 1. The molecule has 1 atom stereocenters. The second-order valence-corrected chi connectivity index (χ2v) is 8.29. The van der Waals surface area contributed by atoms with Crippen LogP contribution in [0.3, 0.4) is 0 Å². The molecule has 13 heteroatoms. The van der Waals surface area contributed by atoms with Gasteiger partial charge in [-0.05, 0) is 24.3 Å². The maximum Gasteiger partial charge on any atom is 0.409 e. The molecule has 2 aromatic carbocycles. The molecule has 36 heavy (non-hydrogen) atoms. The van der Waals surface area contributed by atoms with Crippen LogP contribution in [-0.2, 0) is 25.3 Å². The molecule has 0 bridgehead atoms. The maximum atomic E-state index is 14.6. The van der Waals surface area contributed by atoms with Crippen molar-refractivity contribution < 1.29 is 42.0 Å². The molecule has 0 saturated carbocycles. The standard InChI is InChI=1S/C21H25F2N3O7S.C2H2/c1-25(21(28)32-11-10-31-2)8-9-26(14-19(27)24-29)34(30)16-12-17(22)20(18(23)13-16)33-15-6-4-3-5-7-15;1-2/h3-7,12-13,29H,8-11,14H2,1-2H3,(H,24,27);1-2H. The highest BCUT2D eigenvalue weighted by Crippen LogP contribution is 2.30. The van der Waals surface area contributed by atoms with Gasteiger partial charge in [-0.3, -0.25) is 10.0 Å². The topological polar surface area (TPSA) is 118 Å². The first-order valence-electron chi connectivity index (χ1n) is 10.3. The number of rotatable bonds is 12. The summed E-state index contributed by atoms with van der Waals surface area (Å²) in [6.07, 6.45) is 7.31. The van der Waals surface area contributed by atoms with Gasteiger partial charge < -0.3 is 19.1 Å². The Morgan fingerprint density at radius 3 is 2.25 bits per heavy atom. The summed E-state index contributed by atoms with van der Waals surface area (Å²) in [5.41, 5.74) is 1.40. The lowest BCUT2D eigenvalue weighted by Crippen LogP contribution is -2.42. The Labute approximate surface area is 210 Å². The minimum Gasteiger partial charge on any atom is -0.451 e. The van der Waals surface area contributed by atoms with Gasteiger partial charge in [0.15, 0.2) is 17.4 Å². The molecule has 2 rings (SSSR count). The normalized spacial score (nSPS) is 11.1.